The molecule has 2 rings (SSSR count). The number of methoxy groups -OCH3 is 3. The summed E-state index contributed by atoms with van der Waals surface area (Å²) in [5.41, 5.74) is 1.29. The molecule has 0 fully saturated rings. The second kappa shape index (κ2) is 10.3. The Labute approximate surface area is 181 Å². The molecule has 0 aromatic heterocycles. The van der Waals surface area contributed by atoms with Gasteiger partial charge in [0.25, 0.3) is 0 Å². The van der Waals surface area contributed by atoms with Crippen molar-refractivity contribution in [1.29, 1.82) is 0 Å². The van der Waals surface area contributed by atoms with Crippen molar-refractivity contribution in [3.05, 3.63) is 61.7 Å². The normalized spacial score (nSPS) is 10.0. The van der Waals surface area contributed by atoms with Crippen molar-refractivity contribution in [3.63, 3.8) is 0 Å². The van der Waals surface area contributed by atoms with Gasteiger partial charge in [0, 0.05) is 5.02 Å². The first kappa shape index (κ1) is 22.0. The molecule has 0 aliphatic rings. The SMILES string of the molecule is COC(=O)C(=Cc1cc(I)c(OCc2ccc(Cl)cc2)c(OC)c1)C(=O)OC. The molecule has 0 spiro atoms. The van der Waals surface area contributed by atoms with E-state index in [4.69, 9.17) is 21.1 Å². The fraction of sp³-hybridized carbons (Fsp3) is 0.200. The molecule has 0 saturated heterocycles. The van der Waals surface area contributed by atoms with Crippen LogP contribution in [0.5, 0.6) is 11.5 Å². The predicted octanol–water partition coefficient (Wildman–Crippen LogP) is 4.26. The lowest BCUT2D eigenvalue weighted by atomic mass is 10.1. The van der Waals surface area contributed by atoms with Crippen LogP contribution in [-0.2, 0) is 25.7 Å². The second-order valence-corrected chi connectivity index (χ2v) is 7.09. The summed E-state index contributed by atoms with van der Waals surface area (Å²) in [6.45, 7) is 0.328. The zero-order valence-electron chi connectivity index (χ0n) is 15.5. The second-order valence-electron chi connectivity index (χ2n) is 5.49. The number of rotatable bonds is 7. The van der Waals surface area contributed by atoms with Gasteiger partial charge in [0.1, 0.15) is 12.2 Å². The van der Waals surface area contributed by atoms with Crippen molar-refractivity contribution in [1.82, 2.24) is 0 Å². The standard InChI is InChI=1S/C20H18ClIO6/c1-25-17-10-13(8-15(19(23)26-2)20(24)27-3)9-16(22)18(17)28-11-12-4-6-14(21)7-5-12/h4-10H,11H2,1-3H3. The lowest BCUT2D eigenvalue weighted by Gasteiger charge is -2.14. The van der Waals surface area contributed by atoms with Gasteiger partial charge in [-0.1, -0.05) is 23.7 Å². The summed E-state index contributed by atoms with van der Waals surface area (Å²) in [6.07, 6.45) is 1.38. The van der Waals surface area contributed by atoms with Crippen LogP contribution in [0.2, 0.25) is 5.02 Å². The van der Waals surface area contributed by atoms with E-state index in [-0.39, 0.29) is 5.57 Å². The number of benzene rings is 2. The summed E-state index contributed by atoms with van der Waals surface area (Å²) in [7, 11) is 3.89. The molecule has 0 heterocycles. The third-order valence-electron chi connectivity index (χ3n) is 3.67. The fourth-order valence-corrected chi connectivity index (χ4v) is 3.19. The quantitative estimate of drug-likeness (QED) is 0.180. The molecular weight excluding hydrogens is 499 g/mol. The summed E-state index contributed by atoms with van der Waals surface area (Å²) < 4.78 is 21.3. The topological polar surface area (TPSA) is 71.1 Å². The molecule has 0 radical (unpaired) electrons. The van der Waals surface area contributed by atoms with Gasteiger partial charge >= 0.3 is 11.9 Å². The van der Waals surface area contributed by atoms with Crippen molar-refractivity contribution >= 4 is 52.2 Å². The first-order valence-electron chi connectivity index (χ1n) is 8.02. The van der Waals surface area contributed by atoms with Gasteiger partial charge in [0.05, 0.1) is 24.9 Å². The Balaban J connectivity index is 2.33. The zero-order chi connectivity index (χ0) is 20.7. The number of carbonyl (C=O) groups excluding carboxylic acids is 2. The Morgan fingerprint density at radius 2 is 1.64 bits per heavy atom. The summed E-state index contributed by atoms with van der Waals surface area (Å²) in [5.74, 6) is -0.568. The van der Waals surface area contributed by atoms with Gasteiger partial charge in [-0.25, -0.2) is 9.59 Å². The number of hydrogen-bond acceptors (Lipinski definition) is 6. The molecule has 6 nitrogen and oxygen atoms in total. The van der Waals surface area contributed by atoms with Gasteiger partial charge in [0.15, 0.2) is 11.5 Å². The van der Waals surface area contributed by atoms with Gasteiger partial charge in [-0.15, -0.1) is 0 Å². The third-order valence-corrected chi connectivity index (χ3v) is 4.72. The van der Waals surface area contributed by atoms with Crippen molar-refractivity contribution in [2.45, 2.75) is 6.61 Å². The highest BCUT2D eigenvalue weighted by Gasteiger charge is 2.20. The number of hydrogen-bond donors (Lipinski definition) is 0. The summed E-state index contributed by atoms with van der Waals surface area (Å²) in [4.78, 5) is 23.7. The first-order chi connectivity index (χ1) is 13.4. The van der Waals surface area contributed by atoms with Crippen LogP contribution in [0.4, 0.5) is 0 Å². The van der Waals surface area contributed by atoms with Crippen molar-refractivity contribution in [2.75, 3.05) is 21.3 Å². The van der Waals surface area contributed by atoms with E-state index in [0.717, 1.165) is 9.13 Å². The first-order valence-corrected chi connectivity index (χ1v) is 9.48. The molecule has 8 heteroatoms. The molecule has 0 saturated carbocycles. The van der Waals surface area contributed by atoms with Crippen LogP contribution >= 0.6 is 34.2 Å². The molecule has 2 aromatic rings. The smallest absolute Gasteiger partial charge is 0.345 e. The molecule has 0 aliphatic heterocycles. The van der Waals surface area contributed by atoms with E-state index in [0.29, 0.717) is 28.7 Å². The van der Waals surface area contributed by atoms with Gasteiger partial charge in [-0.3, -0.25) is 0 Å². The minimum atomic E-state index is -0.788. The number of esters is 2. The van der Waals surface area contributed by atoms with Crippen molar-refractivity contribution < 1.29 is 28.5 Å². The average Bonchev–Trinajstić information content (AvgIpc) is 2.70. The molecule has 0 aliphatic carbocycles. The molecule has 148 valence electrons. The molecular formula is C20H18ClIO6. The number of carbonyl (C=O) groups is 2. The fourth-order valence-electron chi connectivity index (χ4n) is 2.29. The maximum absolute atomic E-state index is 11.8. The largest absolute Gasteiger partial charge is 0.493 e. The molecule has 0 amide bonds. The van der Waals surface area contributed by atoms with E-state index < -0.39 is 11.9 Å². The van der Waals surface area contributed by atoms with Crippen LogP contribution in [-0.4, -0.2) is 33.3 Å². The molecule has 0 atom stereocenters. The molecule has 0 bridgehead atoms. The summed E-state index contributed by atoms with van der Waals surface area (Å²) in [6, 6.07) is 10.7. The molecule has 28 heavy (non-hydrogen) atoms. The maximum Gasteiger partial charge on any atom is 0.345 e. The van der Waals surface area contributed by atoms with Crippen LogP contribution in [0, 0.1) is 3.57 Å². The highest BCUT2D eigenvalue weighted by atomic mass is 127. The van der Waals surface area contributed by atoms with E-state index in [9.17, 15) is 9.59 Å². The van der Waals surface area contributed by atoms with E-state index >= 15 is 0 Å². The molecule has 2 aromatic carbocycles. The highest BCUT2D eigenvalue weighted by Crippen LogP contribution is 2.35. The Morgan fingerprint density at radius 1 is 1.04 bits per heavy atom. The van der Waals surface area contributed by atoms with Gasteiger partial charge in [-0.05, 0) is 64.1 Å². The third kappa shape index (κ3) is 5.62. The Hall–Kier alpha value is -2.26. The molecule has 0 N–H and O–H groups in total. The minimum Gasteiger partial charge on any atom is -0.493 e. The lowest BCUT2D eigenvalue weighted by Crippen LogP contribution is -2.15. The van der Waals surface area contributed by atoms with Crippen LogP contribution < -0.4 is 9.47 Å². The predicted molar refractivity (Wildman–Crippen MR) is 114 cm³/mol. The van der Waals surface area contributed by atoms with Crippen LogP contribution in [0.25, 0.3) is 6.08 Å². The van der Waals surface area contributed by atoms with E-state index in [1.54, 1.807) is 24.3 Å². The van der Waals surface area contributed by atoms with E-state index in [1.165, 1.54) is 27.4 Å². The van der Waals surface area contributed by atoms with Crippen LogP contribution in [0.3, 0.4) is 0 Å². The average molecular weight is 517 g/mol. The Bertz CT molecular complexity index is 874. The van der Waals surface area contributed by atoms with Crippen molar-refractivity contribution in [3.8, 4) is 11.5 Å². The van der Waals surface area contributed by atoms with Crippen molar-refractivity contribution in [2.24, 2.45) is 0 Å². The lowest BCUT2D eigenvalue weighted by molar-refractivity contribution is -0.143. The van der Waals surface area contributed by atoms with Gasteiger partial charge in [-0.2, -0.15) is 0 Å². The number of ether oxygens (including phenoxy) is 4. The molecule has 0 unspecified atom stereocenters. The summed E-state index contributed by atoms with van der Waals surface area (Å²) >= 11 is 7.99. The summed E-state index contributed by atoms with van der Waals surface area (Å²) in [5, 5.41) is 0.652. The van der Waals surface area contributed by atoms with Crippen LogP contribution in [0.15, 0.2) is 42.0 Å². The monoisotopic (exact) mass is 516 g/mol. The number of halogens is 2. The Morgan fingerprint density at radius 3 is 2.18 bits per heavy atom. The Kier molecular flexibility index (Phi) is 8.13. The van der Waals surface area contributed by atoms with E-state index in [2.05, 4.69) is 32.1 Å². The van der Waals surface area contributed by atoms with E-state index in [1.807, 2.05) is 12.1 Å². The minimum absolute atomic E-state index is 0.224. The zero-order valence-corrected chi connectivity index (χ0v) is 18.4. The van der Waals surface area contributed by atoms with Gasteiger partial charge in [0.2, 0.25) is 0 Å². The highest BCUT2D eigenvalue weighted by molar-refractivity contribution is 14.1. The van der Waals surface area contributed by atoms with Gasteiger partial charge < -0.3 is 18.9 Å². The maximum atomic E-state index is 11.8. The van der Waals surface area contributed by atoms with Crippen LogP contribution in [0.1, 0.15) is 11.1 Å².